The van der Waals surface area contributed by atoms with E-state index in [0.717, 1.165) is 5.56 Å². The molecule has 0 saturated carbocycles. The van der Waals surface area contributed by atoms with Crippen LogP contribution in [0.1, 0.15) is 21.6 Å². The van der Waals surface area contributed by atoms with Crippen LogP contribution in [0.25, 0.3) is 5.65 Å². The average molecular weight is 352 g/mol. The van der Waals surface area contributed by atoms with Gasteiger partial charge in [-0.05, 0) is 18.6 Å². The molecule has 3 aromatic rings. The molecular formula is C18H16N4O4. The third-order valence-electron chi connectivity index (χ3n) is 3.60. The number of carbonyl (C=O) groups excluding carboxylic acids is 3. The van der Waals surface area contributed by atoms with Crippen molar-refractivity contribution in [3.8, 4) is 0 Å². The van der Waals surface area contributed by atoms with Crippen molar-refractivity contribution in [1.82, 2.24) is 19.9 Å². The topological polar surface area (TPSA) is 103 Å². The van der Waals surface area contributed by atoms with Crippen LogP contribution in [0.4, 0.5) is 0 Å². The highest BCUT2D eigenvalue weighted by Crippen LogP contribution is 2.13. The molecule has 1 aromatic carbocycles. The number of nitrogens with zero attached hydrogens (tertiary/aromatic N) is 3. The summed E-state index contributed by atoms with van der Waals surface area (Å²) < 4.78 is 6.45. The summed E-state index contributed by atoms with van der Waals surface area (Å²) in [5, 5.41) is 6.34. The molecule has 132 valence electrons. The number of amides is 2. The van der Waals surface area contributed by atoms with Gasteiger partial charge < -0.3 is 4.74 Å². The first-order valence-corrected chi connectivity index (χ1v) is 7.88. The maximum atomic E-state index is 12.2. The molecular weight excluding hydrogens is 336 g/mol. The highest BCUT2D eigenvalue weighted by Gasteiger charge is 2.20. The van der Waals surface area contributed by atoms with Gasteiger partial charge in [0.1, 0.15) is 5.56 Å². The number of ether oxygens (including phenoxy) is 1. The maximum Gasteiger partial charge on any atom is 0.344 e. The van der Waals surface area contributed by atoms with E-state index < -0.39 is 24.4 Å². The zero-order valence-corrected chi connectivity index (χ0v) is 14.0. The Morgan fingerprint density at radius 3 is 2.65 bits per heavy atom. The van der Waals surface area contributed by atoms with Crippen LogP contribution in [0.2, 0.25) is 0 Å². The molecule has 0 aliphatic heterocycles. The van der Waals surface area contributed by atoms with Crippen LogP contribution in [0.3, 0.4) is 0 Å². The van der Waals surface area contributed by atoms with Crippen molar-refractivity contribution in [3.05, 3.63) is 65.6 Å². The second-order valence-corrected chi connectivity index (χ2v) is 5.56. The van der Waals surface area contributed by atoms with E-state index in [4.69, 9.17) is 4.74 Å². The van der Waals surface area contributed by atoms with Crippen molar-refractivity contribution in [2.75, 3.05) is 6.61 Å². The SMILES string of the molecule is Cc1nn2cccnc2c1C(=O)OCC(=O)NC(=O)Cc1ccccc1. The number of hydrogen-bond donors (Lipinski definition) is 1. The summed E-state index contributed by atoms with van der Waals surface area (Å²) >= 11 is 0. The minimum absolute atomic E-state index is 0.0671. The molecule has 0 bridgehead atoms. The monoisotopic (exact) mass is 352 g/mol. The number of nitrogens with one attached hydrogen (secondary N) is 1. The molecule has 8 nitrogen and oxygen atoms in total. The summed E-state index contributed by atoms with van der Waals surface area (Å²) in [6.45, 7) is 1.08. The van der Waals surface area contributed by atoms with E-state index in [9.17, 15) is 14.4 Å². The van der Waals surface area contributed by atoms with Gasteiger partial charge in [-0.2, -0.15) is 5.10 Å². The van der Waals surface area contributed by atoms with Gasteiger partial charge in [-0.3, -0.25) is 14.9 Å². The number of imide groups is 1. The van der Waals surface area contributed by atoms with Gasteiger partial charge >= 0.3 is 5.97 Å². The Balaban J connectivity index is 1.56. The van der Waals surface area contributed by atoms with E-state index in [1.807, 2.05) is 6.07 Å². The van der Waals surface area contributed by atoms with Crippen LogP contribution in [0.15, 0.2) is 48.8 Å². The Kier molecular flexibility index (Phi) is 5.02. The third kappa shape index (κ3) is 3.92. The molecule has 0 aliphatic carbocycles. The number of benzene rings is 1. The van der Waals surface area contributed by atoms with Crippen LogP contribution >= 0.6 is 0 Å². The largest absolute Gasteiger partial charge is 0.452 e. The molecule has 0 fully saturated rings. The lowest BCUT2D eigenvalue weighted by molar-refractivity contribution is -0.132. The number of aryl methyl sites for hydroxylation is 1. The Morgan fingerprint density at radius 2 is 1.88 bits per heavy atom. The zero-order valence-electron chi connectivity index (χ0n) is 14.0. The molecule has 0 aliphatic rings. The molecule has 1 N–H and O–H groups in total. The van der Waals surface area contributed by atoms with E-state index >= 15 is 0 Å². The van der Waals surface area contributed by atoms with Crippen LogP contribution in [-0.2, 0) is 20.7 Å². The fourth-order valence-electron chi connectivity index (χ4n) is 2.46. The first-order chi connectivity index (χ1) is 12.5. The predicted octanol–water partition coefficient (Wildman–Crippen LogP) is 1.08. The first kappa shape index (κ1) is 17.3. The average Bonchev–Trinajstić information content (AvgIpc) is 2.96. The Morgan fingerprint density at radius 1 is 1.12 bits per heavy atom. The van der Waals surface area contributed by atoms with E-state index in [-0.39, 0.29) is 12.0 Å². The second kappa shape index (κ2) is 7.56. The summed E-state index contributed by atoms with van der Waals surface area (Å²) in [4.78, 5) is 40.0. The van der Waals surface area contributed by atoms with E-state index in [0.29, 0.717) is 11.3 Å². The fourth-order valence-corrected chi connectivity index (χ4v) is 2.46. The summed E-state index contributed by atoms with van der Waals surface area (Å²) in [7, 11) is 0. The van der Waals surface area contributed by atoms with E-state index in [2.05, 4.69) is 15.4 Å². The lowest BCUT2D eigenvalue weighted by atomic mass is 10.1. The molecule has 0 atom stereocenters. The normalized spacial score (nSPS) is 10.5. The Hall–Kier alpha value is -3.55. The van der Waals surface area contributed by atoms with E-state index in [1.165, 1.54) is 10.7 Å². The number of fused-ring (bicyclic) bond motifs is 1. The number of esters is 1. The summed E-state index contributed by atoms with van der Waals surface area (Å²) in [5.74, 6) is -1.88. The molecule has 2 amide bonds. The standard InChI is InChI=1S/C18H16N4O4/c1-12-16(17-19-8-5-9-22(17)21-12)18(25)26-11-15(24)20-14(23)10-13-6-3-2-4-7-13/h2-9H,10-11H2,1H3,(H,20,23,24). The number of aromatic nitrogens is 3. The molecule has 3 rings (SSSR count). The van der Waals surface area contributed by atoms with Gasteiger partial charge in [0.25, 0.3) is 5.91 Å². The highest BCUT2D eigenvalue weighted by molar-refractivity contribution is 6.00. The van der Waals surface area contributed by atoms with Crippen molar-refractivity contribution in [2.45, 2.75) is 13.3 Å². The number of hydrogen-bond acceptors (Lipinski definition) is 6. The second-order valence-electron chi connectivity index (χ2n) is 5.56. The minimum Gasteiger partial charge on any atom is -0.452 e. The van der Waals surface area contributed by atoms with Gasteiger partial charge in [-0.15, -0.1) is 0 Å². The molecule has 0 spiro atoms. The third-order valence-corrected chi connectivity index (χ3v) is 3.60. The van der Waals surface area contributed by atoms with Gasteiger partial charge in [0.15, 0.2) is 12.3 Å². The van der Waals surface area contributed by atoms with Gasteiger partial charge in [0, 0.05) is 12.4 Å². The highest BCUT2D eigenvalue weighted by atomic mass is 16.5. The Bertz CT molecular complexity index is 966. The number of carbonyl (C=O) groups is 3. The lowest BCUT2D eigenvalue weighted by Crippen LogP contribution is -2.35. The number of rotatable bonds is 5. The fraction of sp³-hybridized carbons (Fsp3) is 0.167. The summed E-state index contributed by atoms with van der Waals surface area (Å²) in [5.41, 5.74) is 1.75. The van der Waals surface area contributed by atoms with Crippen LogP contribution in [-0.4, -0.2) is 39.0 Å². The maximum absolute atomic E-state index is 12.2. The Labute approximate surface area is 148 Å². The van der Waals surface area contributed by atoms with Crippen LogP contribution < -0.4 is 5.32 Å². The molecule has 26 heavy (non-hydrogen) atoms. The summed E-state index contributed by atoms with van der Waals surface area (Å²) in [6.07, 6.45) is 3.25. The van der Waals surface area contributed by atoms with Crippen molar-refractivity contribution >= 4 is 23.4 Å². The van der Waals surface area contributed by atoms with Gasteiger partial charge in [0.2, 0.25) is 5.91 Å². The van der Waals surface area contributed by atoms with Crippen molar-refractivity contribution in [2.24, 2.45) is 0 Å². The zero-order chi connectivity index (χ0) is 18.5. The van der Waals surface area contributed by atoms with Gasteiger partial charge in [-0.1, -0.05) is 30.3 Å². The summed E-state index contributed by atoms with van der Waals surface area (Å²) in [6, 6.07) is 10.7. The predicted molar refractivity (Wildman–Crippen MR) is 91.3 cm³/mol. The van der Waals surface area contributed by atoms with Gasteiger partial charge in [0.05, 0.1) is 12.1 Å². The molecule has 0 saturated heterocycles. The smallest absolute Gasteiger partial charge is 0.344 e. The molecule has 2 heterocycles. The molecule has 8 heteroatoms. The lowest BCUT2D eigenvalue weighted by Gasteiger charge is -2.06. The van der Waals surface area contributed by atoms with Crippen molar-refractivity contribution < 1.29 is 19.1 Å². The molecule has 0 unspecified atom stereocenters. The molecule has 2 aromatic heterocycles. The van der Waals surface area contributed by atoms with Crippen molar-refractivity contribution in [1.29, 1.82) is 0 Å². The van der Waals surface area contributed by atoms with Crippen LogP contribution in [0, 0.1) is 6.92 Å². The van der Waals surface area contributed by atoms with Crippen molar-refractivity contribution in [3.63, 3.8) is 0 Å². The molecule has 0 radical (unpaired) electrons. The quantitative estimate of drug-likeness (QED) is 0.689. The van der Waals surface area contributed by atoms with E-state index in [1.54, 1.807) is 43.5 Å². The van der Waals surface area contributed by atoms with Gasteiger partial charge in [-0.25, -0.2) is 14.3 Å². The first-order valence-electron chi connectivity index (χ1n) is 7.88. The van der Waals surface area contributed by atoms with Crippen LogP contribution in [0.5, 0.6) is 0 Å². The minimum atomic E-state index is -0.721.